The van der Waals surface area contributed by atoms with Crippen LogP contribution in [0, 0.1) is 0 Å². The molecule has 0 aliphatic heterocycles. The number of benzene rings is 2. The van der Waals surface area contributed by atoms with E-state index in [1.807, 2.05) is 24.3 Å². The first-order chi connectivity index (χ1) is 12.0. The third-order valence-corrected chi connectivity index (χ3v) is 4.97. The third kappa shape index (κ3) is 4.68. The summed E-state index contributed by atoms with van der Waals surface area (Å²) in [4.78, 5) is 0.168. The molecule has 8 heteroatoms. The summed E-state index contributed by atoms with van der Waals surface area (Å²) < 4.78 is 26.8. The van der Waals surface area contributed by atoms with Gasteiger partial charge in [0.25, 0.3) is 10.0 Å². The molecule has 0 fully saturated rings. The molecule has 2 aromatic carbocycles. The summed E-state index contributed by atoms with van der Waals surface area (Å²) in [6.45, 7) is 0.556. The number of rotatable bonds is 6. The second-order valence-electron chi connectivity index (χ2n) is 5.20. The second kappa shape index (κ2) is 7.50. The van der Waals surface area contributed by atoms with Gasteiger partial charge in [0.15, 0.2) is 5.82 Å². The molecular formula is C17H15ClN4O2S. The standard InChI is InChI=1S/C17H15ClN4O2S/c18-14-8-6-13(7-9-14)12-19-16-10-11-17(21-20-16)22-25(23,24)15-4-2-1-3-5-15/h1-11H,12H2,(H,19,20)(H,21,22). The summed E-state index contributed by atoms with van der Waals surface area (Å²) >= 11 is 5.84. The monoisotopic (exact) mass is 374 g/mol. The number of sulfonamides is 1. The number of aromatic nitrogens is 2. The van der Waals surface area contributed by atoms with Crippen LogP contribution in [0.4, 0.5) is 11.6 Å². The van der Waals surface area contributed by atoms with E-state index < -0.39 is 10.0 Å². The molecule has 0 saturated heterocycles. The van der Waals surface area contributed by atoms with Gasteiger partial charge in [-0.2, -0.15) is 0 Å². The smallest absolute Gasteiger partial charge is 0.263 e. The van der Waals surface area contributed by atoms with Gasteiger partial charge in [0.05, 0.1) is 4.90 Å². The summed E-state index contributed by atoms with van der Waals surface area (Å²) in [6.07, 6.45) is 0. The molecule has 0 saturated carbocycles. The first kappa shape index (κ1) is 17.2. The normalized spacial score (nSPS) is 11.1. The van der Waals surface area contributed by atoms with Crippen LogP contribution in [-0.2, 0) is 16.6 Å². The molecule has 0 aliphatic rings. The van der Waals surface area contributed by atoms with Crippen molar-refractivity contribution in [3.05, 3.63) is 77.3 Å². The molecule has 3 rings (SSSR count). The highest BCUT2D eigenvalue weighted by molar-refractivity contribution is 7.92. The van der Waals surface area contributed by atoms with Crippen LogP contribution in [0.5, 0.6) is 0 Å². The summed E-state index contributed by atoms with van der Waals surface area (Å²) in [7, 11) is -3.67. The van der Waals surface area contributed by atoms with Crippen LogP contribution in [0.1, 0.15) is 5.56 Å². The zero-order chi connectivity index (χ0) is 17.7. The fourth-order valence-electron chi connectivity index (χ4n) is 2.07. The summed E-state index contributed by atoms with van der Waals surface area (Å²) in [5.74, 6) is 0.693. The van der Waals surface area contributed by atoms with Crippen LogP contribution >= 0.6 is 11.6 Å². The lowest BCUT2D eigenvalue weighted by atomic mass is 10.2. The molecule has 0 amide bonds. The molecule has 1 heterocycles. The van der Waals surface area contributed by atoms with Gasteiger partial charge in [-0.3, -0.25) is 4.72 Å². The Balaban J connectivity index is 1.63. The van der Waals surface area contributed by atoms with Crippen molar-refractivity contribution in [3.63, 3.8) is 0 Å². The number of halogens is 1. The van der Waals surface area contributed by atoms with E-state index in [9.17, 15) is 8.42 Å². The Labute approximate surface area is 150 Å². The van der Waals surface area contributed by atoms with Crippen molar-refractivity contribution < 1.29 is 8.42 Å². The first-order valence-electron chi connectivity index (χ1n) is 7.43. The Hall–Kier alpha value is -2.64. The molecule has 0 spiro atoms. The minimum absolute atomic E-state index is 0.154. The van der Waals surface area contributed by atoms with Crippen molar-refractivity contribution in [1.82, 2.24) is 10.2 Å². The van der Waals surface area contributed by atoms with Crippen LogP contribution in [0.3, 0.4) is 0 Å². The molecule has 0 bridgehead atoms. The van der Waals surface area contributed by atoms with E-state index in [-0.39, 0.29) is 10.7 Å². The lowest BCUT2D eigenvalue weighted by Gasteiger charge is -2.08. The quantitative estimate of drug-likeness (QED) is 0.689. The van der Waals surface area contributed by atoms with Crippen molar-refractivity contribution >= 4 is 33.3 Å². The Kier molecular flexibility index (Phi) is 5.16. The number of hydrogen-bond acceptors (Lipinski definition) is 5. The Morgan fingerprint density at radius 2 is 1.48 bits per heavy atom. The van der Waals surface area contributed by atoms with E-state index in [4.69, 9.17) is 11.6 Å². The average molecular weight is 375 g/mol. The highest BCUT2D eigenvalue weighted by atomic mass is 35.5. The summed E-state index contributed by atoms with van der Waals surface area (Å²) in [6, 6.07) is 18.7. The Morgan fingerprint density at radius 1 is 0.840 bits per heavy atom. The van der Waals surface area contributed by atoms with Crippen molar-refractivity contribution in [2.75, 3.05) is 10.0 Å². The lowest BCUT2D eigenvalue weighted by molar-refractivity contribution is 0.601. The molecule has 25 heavy (non-hydrogen) atoms. The maximum atomic E-state index is 12.2. The summed E-state index contributed by atoms with van der Waals surface area (Å²) in [5.41, 5.74) is 1.04. The van der Waals surface area contributed by atoms with Gasteiger partial charge in [-0.25, -0.2) is 8.42 Å². The maximum Gasteiger partial charge on any atom is 0.263 e. The van der Waals surface area contributed by atoms with E-state index >= 15 is 0 Å². The zero-order valence-electron chi connectivity index (χ0n) is 13.1. The molecule has 0 aliphatic carbocycles. The fraction of sp³-hybridized carbons (Fsp3) is 0.0588. The number of nitrogens with zero attached hydrogens (tertiary/aromatic N) is 2. The maximum absolute atomic E-state index is 12.2. The average Bonchev–Trinajstić information content (AvgIpc) is 2.63. The van der Waals surface area contributed by atoms with Gasteiger partial charge >= 0.3 is 0 Å². The van der Waals surface area contributed by atoms with Gasteiger partial charge in [0, 0.05) is 11.6 Å². The van der Waals surface area contributed by atoms with Crippen LogP contribution in [0.2, 0.25) is 5.02 Å². The highest BCUT2D eigenvalue weighted by Gasteiger charge is 2.14. The Bertz CT molecular complexity index is 931. The largest absolute Gasteiger partial charge is 0.365 e. The zero-order valence-corrected chi connectivity index (χ0v) is 14.6. The van der Waals surface area contributed by atoms with Crippen molar-refractivity contribution in [3.8, 4) is 0 Å². The van der Waals surface area contributed by atoms with Gasteiger partial charge in [-0.05, 0) is 42.0 Å². The summed E-state index contributed by atoms with van der Waals surface area (Å²) in [5, 5.41) is 11.7. The van der Waals surface area contributed by atoms with Gasteiger partial charge in [-0.15, -0.1) is 10.2 Å². The molecular weight excluding hydrogens is 360 g/mol. The molecule has 128 valence electrons. The highest BCUT2D eigenvalue weighted by Crippen LogP contribution is 2.15. The van der Waals surface area contributed by atoms with E-state index in [0.717, 1.165) is 5.56 Å². The predicted molar refractivity (Wildman–Crippen MR) is 98.1 cm³/mol. The van der Waals surface area contributed by atoms with Gasteiger partial charge in [0.2, 0.25) is 0 Å². The lowest BCUT2D eigenvalue weighted by Crippen LogP contribution is -2.14. The van der Waals surface area contributed by atoms with Crippen molar-refractivity contribution in [2.24, 2.45) is 0 Å². The SMILES string of the molecule is O=S(=O)(Nc1ccc(NCc2ccc(Cl)cc2)nn1)c1ccccc1. The molecule has 0 atom stereocenters. The second-order valence-corrected chi connectivity index (χ2v) is 7.32. The number of anilines is 2. The number of hydrogen-bond donors (Lipinski definition) is 2. The molecule has 0 unspecified atom stereocenters. The van der Waals surface area contributed by atoms with Crippen molar-refractivity contribution in [2.45, 2.75) is 11.4 Å². The van der Waals surface area contributed by atoms with Crippen LogP contribution in [0.15, 0.2) is 71.6 Å². The van der Waals surface area contributed by atoms with Gasteiger partial charge < -0.3 is 5.32 Å². The van der Waals surface area contributed by atoms with Gasteiger partial charge in [0.1, 0.15) is 5.82 Å². The van der Waals surface area contributed by atoms with Gasteiger partial charge in [-0.1, -0.05) is 41.9 Å². The van der Waals surface area contributed by atoms with Crippen LogP contribution in [0.25, 0.3) is 0 Å². The topological polar surface area (TPSA) is 84.0 Å². The minimum Gasteiger partial charge on any atom is -0.365 e. The molecule has 2 N–H and O–H groups in total. The molecule has 3 aromatic rings. The van der Waals surface area contributed by atoms with Crippen molar-refractivity contribution in [1.29, 1.82) is 0 Å². The number of nitrogens with one attached hydrogen (secondary N) is 2. The van der Waals surface area contributed by atoms with E-state index in [0.29, 0.717) is 17.4 Å². The van der Waals surface area contributed by atoms with Crippen LogP contribution < -0.4 is 10.0 Å². The molecule has 0 radical (unpaired) electrons. The molecule has 1 aromatic heterocycles. The van der Waals surface area contributed by atoms with E-state index in [2.05, 4.69) is 20.2 Å². The Morgan fingerprint density at radius 3 is 2.12 bits per heavy atom. The molecule has 6 nitrogen and oxygen atoms in total. The first-order valence-corrected chi connectivity index (χ1v) is 9.29. The minimum atomic E-state index is -3.67. The van der Waals surface area contributed by atoms with E-state index in [1.165, 1.54) is 12.1 Å². The van der Waals surface area contributed by atoms with E-state index in [1.54, 1.807) is 30.3 Å². The predicted octanol–water partition coefficient (Wildman–Crippen LogP) is 3.54. The third-order valence-electron chi connectivity index (χ3n) is 3.34. The fourth-order valence-corrected chi connectivity index (χ4v) is 3.22. The van der Waals surface area contributed by atoms with Crippen LogP contribution in [-0.4, -0.2) is 18.6 Å².